The second-order valence-corrected chi connectivity index (χ2v) is 4.44. The average molecular weight is 180 g/mol. The minimum absolute atomic E-state index is 0.154. The van der Waals surface area contributed by atoms with E-state index in [1.165, 1.54) is 4.31 Å². The summed E-state index contributed by atoms with van der Waals surface area (Å²) in [6.07, 6.45) is 0. The van der Waals surface area contributed by atoms with Crippen LogP contribution < -0.4 is 5.73 Å². The van der Waals surface area contributed by atoms with Crippen LogP contribution in [0.25, 0.3) is 0 Å². The number of hydrogen-bond acceptors (Lipinski definition) is 3. The van der Waals surface area contributed by atoms with Gasteiger partial charge in [-0.2, -0.15) is 0 Å². The van der Waals surface area contributed by atoms with Crippen molar-refractivity contribution in [2.75, 3.05) is 25.4 Å². The Hall–Kier alpha value is -0.130. The van der Waals surface area contributed by atoms with Crippen LogP contribution in [0.15, 0.2) is 0 Å². The molecular weight excluding hydrogens is 164 g/mol. The van der Waals surface area contributed by atoms with Crippen LogP contribution in [-0.2, 0) is 10.0 Å². The third kappa shape index (κ3) is 3.18. The second kappa shape index (κ2) is 4.69. The first-order chi connectivity index (χ1) is 5.08. The highest BCUT2D eigenvalue weighted by molar-refractivity contribution is 7.89. The van der Waals surface area contributed by atoms with E-state index in [1.807, 2.05) is 6.92 Å². The topological polar surface area (TPSA) is 63.4 Å². The third-order valence-electron chi connectivity index (χ3n) is 1.49. The van der Waals surface area contributed by atoms with Crippen molar-refractivity contribution in [3.05, 3.63) is 0 Å². The van der Waals surface area contributed by atoms with Crippen LogP contribution in [0.4, 0.5) is 0 Å². The summed E-state index contributed by atoms with van der Waals surface area (Å²) in [5.41, 5.74) is 5.25. The Kier molecular flexibility index (Phi) is 4.63. The van der Waals surface area contributed by atoms with Gasteiger partial charge in [0.05, 0.1) is 5.75 Å². The molecule has 0 aliphatic carbocycles. The normalized spacial score (nSPS) is 12.4. The van der Waals surface area contributed by atoms with Gasteiger partial charge >= 0.3 is 0 Å². The van der Waals surface area contributed by atoms with Crippen molar-refractivity contribution in [2.45, 2.75) is 13.8 Å². The van der Waals surface area contributed by atoms with Crippen molar-refractivity contribution in [2.24, 2.45) is 5.73 Å². The third-order valence-corrected chi connectivity index (χ3v) is 3.45. The minimum atomic E-state index is -3.02. The molecule has 0 atom stereocenters. The van der Waals surface area contributed by atoms with Crippen LogP contribution in [0.1, 0.15) is 13.8 Å². The zero-order valence-corrected chi connectivity index (χ0v) is 7.89. The Labute approximate surface area is 68.4 Å². The molecule has 4 nitrogen and oxygen atoms in total. The molecule has 11 heavy (non-hydrogen) atoms. The van der Waals surface area contributed by atoms with Gasteiger partial charge < -0.3 is 5.73 Å². The highest BCUT2D eigenvalue weighted by Crippen LogP contribution is 1.98. The van der Waals surface area contributed by atoms with E-state index in [0.29, 0.717) is 19.6 Å². The van der Waals surface area contributed by atoms with Gasteiger partial charge in [0, 0.05) is 19.6 Å². The summed E-state index contributed by atoms with van der Waals surface area (Å²) >= 11 is 0. The summed E-state index contributed by atoms with van der Waals surface area (Å²) in [6, 6.07) is 0. The first-order valence-electron chi connectivity index (χ1n) is 3.76. The van der Waals surface area contributed by atoms with Gasteiger partial charge in [-0.15, -0.1) is 0 Å². The van der Waals surface area contributed by atoms with Gasteiger partial charge in [-0.05, 0) is 6.92 Å². The quantitative estimate of drug-likeness (QED) is 0.627. The van der Waals surface area contributed by atoms with Crippen molar-refractivity contribution < 1.29 is 8.42 Å². The summed E-state index contributed by atoms with van der Waals surface area (Å²) in [7, 11) is -3.02. The molecule has 2 N–H and O–H groups in total. The molecule has 0 aromatic heterocycles. The molecule has 0 bridgehead atoms. The lowest BCUT2D eigenvalue weighted by Crippen LogP contribution is -2.36. The van der Waals surface area contributed by atoms with Crippen LogP contribution in [0.2, 0.25) is 0 Å². The molecule has 0 aromatic rings. The summed E-state index contributed by atoms with van der Waals surface area (Å²) in [4.78, 5) is 0. The standard InChI is InChI=1S/C6H16N2O2S/c1-3-8(6-5-7)11(9,10)4-2/h3-7H2,1-2H3. The van der Waals surface area contributed by atoms with Crippen molar-refractivity contribution in [3.63, 3.8) is 0 Å². The van der Waals surface area contributed by atoms with Gasteiger partial charge in [0.1, 0.15) is 0 Å². The predicted molar refractivity (Wildman–Crippen MR) is 45.8 cm³/mol. The molecule has 0 saturated carbocycles. The Bertz CT molecular complexity index is 189. The van der Waals surface area contributed by atoms with E-state index in [0.717, 1.165) is 0 Å². The fraction of sp³-hybridized carbons (Fsp3) is 1.00. The van der Waals surface area contributed by atoms with E-state index in [1.54, 1.807) is 6.92 Å². The molecule has 0 amide bonds. The van der Waals surface area contributed by atoms with E-state index in [4.69, 9.17) is 5.73 Å². The molecule has 0 rings (SSSR count). The smallest absolute Gasteiger partial charge is 0.213 e. The second-order valence-electron chi connectivity index (χ2n) is 2.18. The lowest BCUT2D eigenvalue weighted by Gasteiger charge is -2.17. The Morgan fingerprint density at radius 2 is 1.91 bits per heavy atom. The summed E-state index contributed by atoms with van der Waals surface area (Å²) < 4.78 is 23.8. The number of nitrogens with two attached hydrogens (primary N) is 1. The first kappa shape index (κ1) is 10.9. The predicted octanol–water partition coefficient (Wildman–Crippen LogP) is -0.383. The summed E-state index contributed by atoms with van der Waals surface area (Å²) in [6.45, 7) is 4.75. The van der Waals surface area contributed by atoms with E-state index in [-0.39, 0.29) is 5.75 Å². The van der Waals surface area contributed by atoms with Gasteiger partial charge in [0.2, 0.25) is 10.0 Å². The van der Waals surface area contributed by atoms with E-state index in [2.05, 4.69) is 0 Å². The lowest BCUT2D eigenvalue weighted by molar-refractivity contribution is 0.436. The number of sulfonamides is 1. The fourth-order valence-electron chi connectivity index (χ4n) is 0.820. The zero-order chi connectivity index (χ0) is 8.91. The number of hydrogen-bond donors (Lipinski definition) is 1. The maximum Gasteiger partial charge on any atom is 0.213 e. The van der Waals surface area contributed by atoms with Crippen molar-refractivity contribution >= 4 is 10.0 Å². The number of rotatable bonds is 5. The first-order valence-corrected chi connectivity index (χ1v) is 5.37. The molecule has 0 radical (unpaired) electrons. The number of nitrogens with zero attached hydrogens (tertiary/aromatic N) is 1. The molecule has 0 aromatic carbocycles. The van der Waals surface area contributed by atoms with Crippen LogP contribution >= 0.6 is 0 Å². The Morgan fingerprint density at radius 1 is 1.36 bits per heavy atom. The highest BCUT2D eigenvalue weighted by atomic mass is 32.2. The monoisotopic (exact) mass is 180 g/mol. The molecule has 0 aliphatic rings. The minimum Gasteiger partial charge on any atom is -0.329 e. The van der Waals surface area contributed by atoms with E-state index in [9.17, 15) is 8.42 Å². The maximum atomic E-state index is 11.2. The van der Waals surface area contributed by atoms with Gasteiger partial charge in [-0.25, -0.2) is 12.7 Å². The highest BCUT2D eigenvalue weighted by Gasteiger charge is 2.15. The largest absolute Gasteiger partial charge is 0.329 e. The Morgan fingerprint density at radius 3 is 2.18 bits per heavy atom. The van der Waals surface area contributed by atoms with Crippen molar-refractivity contribution in [1.82, 2.24) is 4.31 Å². The Balaban J connectivity index is 4.25. The van der Waals surface area contributed by atoms with Gasteiger partial charge in [0.25, 0.3) is 0 Å². The van der Waals surface area contributed by atoms with Gasteiger partial charge in [0.15, 0.2) is 0 Å². The van der Waals surface area contributed by atoms with Crippen molar-refractivity contribution in [1.29, 1.82) is 0 Å². The average Bonchev–Trinajstić information content (AvgIpc) is 2.00. The van der Waals surface area contributed by atoms with Crippen molar-refractivity contribution in [3.8, 4) is 0 Å². The fourth-order valence-corrected chi connectivity index (χ4v) is 1.96. The molecule has 5 heteroatoms. The molecule has 0 aliphatic heterocycles. The molecular formula is C6H16N2O2S. The van der Waals surface area contributed by atoms with Gasteiger partial charge in [-0.3, -0.25) is 0 Å². The molecule has 0 heterocycles. The molecule has 0 fully saturated rings. The number of likely N-dealkylation sites (N-methyl/N-ethyl adjacent to an activating group) is 1. The SMILES string of the molecule is CCN(CCN)S(=O)(=O)CC. The summed E-state index contributed by atoms with van der Waals surface area (Å²) in [5.74, 6) is 0.154. The molecule has 68 valence electrons. The zero-order valence-electron chi connectivity index (χ0n) is 7.08. The molecule has 0 unspecified atom stereocenters. The van der Waals surface area contributed by atoms with E-state index < -0.39 is 10.0 Å². The molecule has 0 saturated heterocycles. The molecule has 0 spiro atoms. The lowest BCUT2D eigenvalue weighted by atomic mass is 10.6. The van der Waals surface area contributed by atoms with Crippen LogP contribution in [0.3, 0.4) is 0 Å². The van der Waals surface area contributed by atoms with E-state index >= 15 is 0 Å². The summed E-state index contributed by atoms with van der Waals surface area (Å²) in [5, 5.41) is 0. The van der Waals surface area contributed by atoms with Gasteiger partial charge in [-0.1, -0.05) is 6.92 Å². The maximum absolute atomic E-state index is 11.2. The van der Waals surface area contributed by atoms with Crippen LogP contribution in [0.5, 0.6) is 0 Å². The van der Waals surface area contributed by atoms with Crippen LogP contribution in [0, 0.1) is 0 Å². The van der Waals surface area contributed by atoms with Crippen LogP contribution in [-0.4, -0.2) is 38.1 Å².